The monoisotopic (exact) mass is 248 g/mol. The Morgan fingerprint density at radius 3 is 2.89 bits per heavy atom. The van der Waals surface area contributed by atoms with E-state index in [-0.39, 0.29) is 11.5 Å². The number of nitrogens with zero attached hydrogens (tertiary/aromatic N) is 2. The Morgan fingerprint density at radius 1 is 1.44 bits per heavy atom. The third kappa shape index (κ3) is 2.40. The Bertz CT molecular complexity index is 553. The molecule has 7 heteroatoms. The summed E-state index contributed by atoms with van der Waals surface area (Å²) in [5, 5.41) is 9.40. The first kappa shape index (κ1) is 11.9. The number of nitrogen functional groups attached to an aromatic ring is 1. The molecule has 0 atom stereocenters. The summed E-state index contributed by atoms with van der Waals surface area (Å²) in [5.41, 5.74) is 6.24. The molecule has 1 aromatic heterocycles. The van der Waals surface area contributed by atoms with E-state index in [1.54, 1.807) is 7.11 Å². The van der Waals surface area contributed by atoms with Crippen LogP contribution in [0.25, 0.3) is 0 Å². The summed E-state index contributed by atoms with van der Waals surface area (Å²) in [5.74, 6) is 0.219. The minimum absolute atomic E-state index is 0.0232. The highest BCUT2D eigenvalue weighted by Gasteiger charge is 2.15. The predicted octanol–water partition coefficient (Wildman–Crippen LogP) is 0.590. The van der Waals surface area contributed by atoms with Crippen LogP contribution in [-0.4, -0.2) is 23.3 Å². The van der Waals surface area contributed by atoms with Crippen molar-refractivity contribution in [3.63, 3.8) is 0 Å². The highest BCUT2D eigenvalue weighted by Crippen LogP contribution is 2.16. The van der Waals surface area contributed by atoms with Crippen LogP contribution < -0.4 is 15.8 Å². The molecule has 1 heterocycles. The number of anilines is 1. The maximum atomic E-state index is 11.7. The molecule has 0 fully saturated rings. The second kappa shape index (κ2) is 5.17. The summed E-state index contributed by atoms with van der Waals surface area (Å²) in [6.45, 7) is 0.301. The predicted molar refractivity (Wildman–Crippen MR) is 62.9 cm³/mol. The van der Waals surface area contributed by atoms with Crippen LogP contribution in [-0.2, 0) is 6.54 Å². The largest absolute Gasteiger partial charge is 0.496 e. The molecule has 0 aliphatic carbocycles. The molecule has 7 nitrogen and oxygen atoms in total. The number of nitrogens with two attached hydrogens (primary N) is 1. The van der Waals surface area contributed by atoms with Gasteiger partial charge in [-0.15, -0.1) is 0 Å². The van der Waals surface area contributed by atoms with Gasteiger partial charge < -0.3 is 15.8 Å². The van der Waals surface area contributed by atoms with Gasteiger partial charge in [0.2, 0.25) is 11.5 Å². The number of rotatable bonds is 4. The highest BCUT2D eigenvalue weighted by molar-refractivity contribution is 5.95. The van der Waals surface area contributed by atoms with Crippen LogP contribution in [0.5, 0.6) is 5.75 Å². The Hall–Kier alpha value is -2.57. The fourth-order valence-electron chi connectivity index (χ4n) is 1.46. The van der Waals surface area contributed by atoms with Crippen molar-refractivity contribution in [2.75, 3.05) is 12.8 Å². The minimum Gasteiger partial charge on any atom is -0.496 e. The third-order valence-electron chi connectivity index (χ3n) is 2.36. The average molecular weight is 248 g/mol. The molecule has 0 aliphatic heterocycles. The van der Waals surface area contributed by atoms with Gasteiger partial charge in [0.1, 0.15) is 5.75 Å². The lowest BCUT2D eigenvalue weighted by atomic mass is 10.2. The van der Waals surface area contributed by atoms with Crippen molar-refractivity contribution in [3.8, 4) is 5.75 Å². The first-order chi connectivity index (χ1) is 8.72. The highest BCUT2D eigenvalue weighted by atomic mass is 16.6. The Kier molecular flexibility index (Phi) is 3.42. The molecule has 1 aromatic carbocycles. The topological polar surface area (TPSA) is 103 Å². The van der Waals surface area contributed by atoms with Gasteiger partial charge in [-0.05, 0) is 16.4 Å². The zero-order chi connectivity index (χ0) is 13.0. The number of ether oxygens (including phenoxy) is 1. The van der Waals surface area contributed by atoms with Crippen LogP contribution in [0.1, 0.15) is 16.1 Å². The zero-order valence-corrected chi connectivity index (χ0v) is 9.71. The zero-order valence-electron chi connectivity index (χ0n) is 9.71. The second-order valence-electron chi connectivity index (χ2n) is 3.49. The average Bonchev–Trinajstić information content (AvgIpc) is 2.82. The number of carbonyl (C=O) groups is 1. The van der Waals surface area contributed by atoms with E-state index in [0.717, 1.165) is 5.56 Å². The quantitative estimate of drug-likeness (QED) is 0.820. The molecule has 2 aromatic rings. The summed E-state index contributed by atoms with van der Waals surface area (Å²) in [4.78, 5) is 11.7. The molecule has 0 saturated carbocycles. The van der Waals surface area contributed by atoms with Gasteiger partial charge in [0.25, 0.3) is 5.91 Å². The Morgan fingerprint density at radius 2 is 2.22 bits per heavy atom. The minimum atomic E-state index is -0.445. The van der Waals surface area contributed by atoms with Gasteiger partial charge >= 0.3 is 0 Å². The lowest BCUT2D eigenvalue weighted by Crippen LogP contribution is -2.24. The van der Waals surface area contributed by atoms with E-state index < -0.39 is 5.91 Å². The summed E-state index contributed by atoms with van der Waals surface area (Å²) in [7, 11) is 1.57. The summed E-state index contributed by atoms with van der Waals surface area (Å²) < 4.78 is 9.52. The van der Waals surface area contributed by atoms with Gasteiger partial charge in [0.15, 0.2) is 0 Å². The smallest absolute Gasteiger partial charge is 0.277 e. The van der Waals surface area contributed by atoms with Crippen molar-refractivity contribution in [2.45, 2.75) is 6.54 Å². The summed E-state index contributed by atoms with van der Waals surface area (Å²) >= 11 is 0. The van der Waals surface area contributed by atoms with Crippen LogP contribution in [0.4, 0.5) is 5.82 Å². The number of benzene rings is 1. The van der Waals surface area contributed by atoms with Crippen molar-refractivity contribution >= 4 is 11.7 Å². The SMILES string of the molecule is COc1ccccc1CNC(=O)c1nonc1N. The Labute approximate surface area is 103 Å². The van der Waals surface area contributed by atoms with Gasteiger partial charge in [0.05, 0.1) is 7.11 Å². The standard InChI is InChI=1S/C11H12N4O3/c1-17-8-5-3-2-4-7(8)6-13-11(16)9-10(12)15-18-14-9/h2-5H,6H2,1H3,(H2,12,15)(H,13,16). The number of aromatic nitrogens is 2. The number of hydrogen-bond acceptors (Lipinski definition) is 6. The number of para-hydroxylation sites is 1. The lowest BCUT2D eigenvalue weighted by molar-refractivity contribution is 0.0941. The van der Waals surface area contributed by atoms with E-state index in [9.17, 15) is 4.79 Å². The van der Waals surface area contributed by atoms with Crippen LogP contribution >= 0.6 is 0 Å². The normalized spacial score (nSPS) is 10.1. The van der Waals surface area contributed by atoms with E-state index >= 15 is 0 Å². The molecule has 3 N–H and O–H groups in total. The number of nitrogens with one attached hydrogen (secondary N) is 1. The van der Waals surface area contributed by atoms with E-state index in [1.807, 2.05) is 24.3 Å². The molecule has 0 aliphatic rings. The van der Waals surface area contributed by atoms with Gasteiger partial charge in [-0.3, -0.25) is 4.79 Å². The number of hydrogen-bond donors (Lipinski definition) is 2. The molecule has 0 bridgehead atoms. The van der Waals surface area contributed by atoms with E-state index in [1.165, 1.54) is 0 Å². The van der Waals surface area contributed by atoms with Crippen molar-refractivity contribution in [2.24, 2.45) is 0 Å². The third-order valence-corrected chi connectivity index (χ3v) is 2.36. The number of methoxy groups -OCH3 is 1. The number of carbonyl (C=O) groups excluding carboxylic acids is 1. The van der Waals surface area contributed by atoms with Crippen molar-refractivity contribution in [3.05, 3.63) is 35.5 Å². The van der Waals surface area contributed by atoms with Gasteiger partial charge in [0, 0.05) is 12.1 Å². The van der Waals surface area contributed by atoms with Gasteiger partial charge in [-0.25, -0.2) is 4.63 Å². The molecular formula is C11H12N4O3. The summed E-state index contributed by atoms with van der Waals surface area (Å²) in [6, 6.07) is 7.37. The molecule has 0 spiro atoms. The fraction of sp³-hybridized carbons (Fsp3) is 0.182. The summed E-state index contributed by atoms with van der Waals surface area (Å²) in [6.07, 6.45) is 0. The maximum Gasteiger partial charge on any atom is 0.277 e. The molecular weight excluding hydrogens is 236 g/mol. The Balaban J connectivity index is 2.04. The molecule has 0 radical (unpaired) electrons. The molecule has 18 heavy (non-hydrogen) atoms. The first-order valence-corrected chi connectivity index (χ1v) is 5.20. The van der Waals surface area contributed by atoms with E-state index in [0.29, 0.717) is 12.3 Å². The lowest BCUT2D eigenvalue weighted by Gasteiger charge is -2.08. The van der Waals surface area contributed by atoms with Crippen LogP contribution in [0, 0.1) is 0 Å². The molecule has 1 amide bonds. The van der Waals surface area contributed by atoms with Gasteiger partial charge in [-0.2, -0.15) is 0 Å². The molecule has 0 saturated heterocycles. The molecule has 94 valence electrons. The fourth-order valence-corrected chi connectivity index (χ4v) is 1.46. The van der Waals surface area contributed by atoms with Crippen molar-refractivity contribution < 1.29 is 14.2 Å². The van der Waals surface area contributed by atoms with E-state index in [4.69, 9.17) is 10.5 Å². The first-order valence-electron chi connectivity index (χ1n) is 5.20. The van der Waals surface area contributed by atoms with Gasteiger partial charge in [-0.1, -0.05) is 18.2 Å². The van der Waals surface area contributed by atoms with Crippen LogP contribution in [0.15, 0.2) is 28.9 Å². The molecule has 2 rings (SSSR count). The maximum absolute atomic E-state index is 11.7. The second-order valence-corrected chi connectivity index (χ2v) is 3.49. The number of amides is 1. The van der Waals surface area contributed by atoms with Crippen LogP contribution in [0.3, 0.4) is 0 Å². The van der Waals surface area contributed by atoms with Crippen molar-refractivity contribution in [1.82, 2.24) is 15.6 Å². The van der Waals surface area contributed by atoms with Crippen LogP contribution in [0.2, 0.25) is 0 Å². The van der Waals surface area contributed by atoms with Crippen molar-refractivity contribution in [1.29, 1.82) is 0 Å². The molecule has 0 unspecified atom stereocenters. The van der Waals surface area contributed by atoms with E-state index in [2.05, 4.69) is 20.3 Å².